The van der Waals surface area contributed by atoms with E-state index in [4.69, 9.17) is 5.73 Å². The Bertz CT molecular complexity index is 516. The van der Waals surface area contributed by atoms with Crippen LogP contribution in [-0.2, 0) is 0 Å². The van der Waals surface area contributed by atoms with E-state index < -0.39 is 0 Å². The molecule has 0 unspecified atom stereocenters. The van der Waals surface area contributed by atoms with Crippen molar-refractivity contribution in [2.24, 2.45) is 5.41 Å². The fourth-order valence-corrected chi connectivity index (χ4v) is 3.65. The zero-order chi connectivity index (χ0) is 14.2. The van der Waals surface area contributed by atoms with Crippen LogP contribution in [0.25, 0.3) is 0 Å². The molecular weight excluding hydrogens is 256 g/mol. The quantitative estimate of drug-likeness (QED) is 0.663. The number of pyridine rings is 1. The lowest BCUT2D eigenvalue weighted by molar-refractivity contribution is -0.384. The highest BCUT2D eigenvalue weighted by atomic mass is 16.6. The third-order valence-electron chi connectivity index (χ3n) is 4.86. The fraction of sp³-hybridized carbons (Fsp3) is 0.643. The average molecular weight is 276 g/mol. The molecule has 1 aromatic rings. The van der Waals surface area contributed by atoms with E-state index in [0.29, 0.717) is 17.1 Å². The van der Waals surface area contributed by atoms with Crippen LogP contribution in [0.2, 0.25) is 0 Å². The van der Waals surface area contributed by atoms with Crippen LogP contribution < -0.4 is 10.6 Å². The number of hydrogen-bond acceptors (Lipinski definition) is 5. The van der Waals surface area contributed by atoms with Crippen LogP contribution in [-0.4, -0.2) is 23.0 Å². The van der Waals surface area contributed by atoms with E-state index in [-0.39, 0.29) is 10.6 Å². The summed E-state index contributed by atoms with van der Waals surface area (Å²) in [5.41, 5.74) is 6.24. The minimum Gasteiger partial charge on any atom is -0.384 e. The molecule has 0 bridgehead atoms. The highest BCUT2D eigenvalue weighted by Gasteiger charge is 2.38. The first-order valence-corrected chi connectivity index (χ1v) is 7.26. The van der Waals surface area contributed by atoms with Crippen LogP contribution in [0.3, 0.4) is 0 Å². The second-order valence-corrected chi connectivity index (χ2v) is 6.03. The Kier molecular flexibility index (Phi) is 3.23. The van der Waals surface area contributed by atoms with E-state index in [1.165, 1.54) is 37.8 Å². The molecule has 2 heterocycles. The molecular formula is C14H20N4O2. The average Bonchev–Trinajstić information content (AvgIpc) is 2.87. The minimum atomic E-state index is -0.373. The lowest BCUT2D eigenvalue weighted by atomic mass is 9.77. The van der Waals surface area contributed by atoms with Gasteiger partial charge in [0.1, 0.15) is 5.82 Å². The highest BCUT2D eigenvalue weighted by Crippen LogP contribution is 2.47. The number of nitrogens with zero attached hydrogens (tertiary/aromatic N) is 3. The molecule has 1 aliphatic heterocycles. The first-order valence-electron chi connectivity index (χ1n) is 7.26. The molecule has 1 saturated carbocycles. The van der Waals surface area contributed by atoms with E-state index >= 15 is 0 Å². The van der Waals surface area contributed by atoms with Gasteiger partial charge < -0.3 is 10.6 Å². The Morgan fingerprint density at radius 3 is 2.45 bits per heavy atom. The van der Waals surface area contributed by atoms with Gasteiger partial charge in [-0.1, -0.05) is 12.8 Å². The third-order valence-corrected chi connectivity index (χ3v) is 4.86. The second-order valence-electron chi connectivity index (χ2n) is 6.03. The zero-order valence-corrected chi connectivity index (χ0v) is 11.5. The number of nitrogens with two attached hydrogens (primary N) is 1. The summed E-state index contributed by atoms with van der Waals surface area (Å²) in [6.45, 7) is 1.69. The van der Waals surface area contributed by atoms with Crippen LogP contribution in [0, 0.1) is 15.5 Å². The number of aromatic nitrogens is 1. The maximum absolute atomic E-state index is 11.1. The van der Waals surface area contributed by atoms with E-state index in [0.717, 1.165) is 25.9 Å². The number of anilines is 2. The van der Waals surface area contributed by atoms with Crippen molar-refractivity contribution in [2.45, 2.75) is 38.5 Å². The lowest BCUT2D eigenvalue weighted by Crippen LogP contribution is -2.39. The molecule has 0 atom stereocenters. The van der Waals surface area contributed by atoms with Gasteiger partial charge in [0.05, 0.1) is 4.92 Å². The predicted molar refractivity (Wildman–Crippen MR) is 77.7 cm³/mol. The predicted octanol–water partition coefficient (Wildman–Crippen LogP) is 2.73. The minimum absolute atomic E-state index is 0.0570. The normalized spacial score (nSPS) is 21.3. The van der Waals surface area contributed by atoms with Crippen molar-refractivity contribution in [1.29, 1.82) is 0 Å². The largest absolute Gasteiger partial charge is 0.384 e. The Labute approximate surface area is 118 Å². The van der Waals surface area contributed by atoms with Gasteiger partial charge in [-0.2, -0.15) is 0 Å². The van der Waals surface area contributed by atoms with Crippen molar-refractivity contribution in [1.82, 2.24) is 4.98 Å². The van der Waals surface area contributed by atoms with Gasteiger partial charge in [0.15, 0.2) is 0 Å². The van der Waals surface area contributed by atoms with Crippen LogP contribution in [0.4, 0.5) is 17.3 Å². The molecule has 0 aromatic carbocycles. The summed E-state index contributed by atoms with van der Waals surface area (Å²) in [6.07, 6.45) is 7.51. The molecule has 6 heteroatoms. The molecule has 3 rings (SSSR count). The smallest absolute Gasteiger partial charge is 0.311 e. The van der Waals surface area contributed by atoms with E-state index in [9.17, 15) is 10.1 Å². The third kappa shape index (κ3) is 2.30. The van der Waals surface area contributed by atoms with Crippen molar-refractivity contribution in [2.75, 3.05) is 23.7 Å². The summed E-state index contributed by atoms with van der Waals surface area (Å²) in [5, 5.41) is 11.1. The number of hydrogen-bond donors (Lipinski definition) is 1. The summed E-state index contributed by atoms with van der Waals surface area (Å²) < 4.78 is 0. The summed E-state index contributed by atoms with van der Waals surface area (Å²) in [7, 11) is 0. The van der Waals surface area contributed by atoms with E-state index in [1.807, 2.05) is 4.90 Å². The van der Waals surface area contributed by atoms with Crippen LogP contribution in [0.1, 0.15) is 38.5 Å². The zero-order valence-electron chi connectivity index (χ0n) is 11.5. The molecule has 6 nitrogen and oxygen atoms in total. The molecule has 1 aliphatic carbocycles. The van der Waals surface area contributed by atoms with Crippen molar-refractivity contribution in [3.05, 3.63) is 22.2 Å². The molecule has 20 heavy (non-hydrogen) atoms. The lowest BCUT2D eigenvalue weighted by Gasteiger charge is -2.39. The van der Waals surface area contributed by atoms with Gasteiger partial charge in [0.2, 0.25) is 5.82 Å². The summed E-state index contributed by atoms with van der Waals surface area (Å²) in [4.78, 5) is 17.0. The monoisotopic (exact) mass is 276 g/mol. The van der Waals surface area contributed by atoms with Crippen molar-refractivity contribution in [3.8, 4) is 0 Å². The van der Waals surface area contributed by atoms with Gasteiger partial charge in [-0.25, -0.2) is 4.98 Å². The Balaban J connectivity index is 1.80. The van der Waals surface area contributed by atoms with Crippen LogP contribution in [0.5, 0.6) is 0 Å². The van der Waals surface area contributed by atoms with E-state index in [2.05, 4.69) is 4.98 Å². The summed E-state index contributed by atoms with van der Waals surface area (Å²) in [5.74, 6) is 0.773. The highest BCUT2D eigenvalue weighted by molar-refractivity contribution is 5.61. The molecule has 108 valence electrons. The van der Waals surface area contributed by atoms with Gasteiger partial charge in [-0.05, 0) is 37.2 Å². The number of piperidine rings is 1. The number of nitro groups is 1. The maximum atomic E-state index is 11.1. The Hall–Kier alpha value is -1.85. The summed E-state index contributed by atoms with van der Waals surface area (Å²) >= 11 is 0. The van der Waals surface area contributed by atoms with Gasteiger partial charge in [0, 0.05) is 19.2 Å². The number of nitrogen functional groups attached to an aromatic ring is 1. The van der Waals surface area contributed by atoms with Crippen molar-refractivity contribution < 1.29 is 4.92 Å². The Morgan fingerprint density at radius 1 is 1.20 bits per heavy atom. The molecule has 0 amide bonds. The fourth-order valence-electron chi connectivity index (χ4n) is 3.65. The molecule has 0 radical (unpaired) electrons. The van der Waals surface area contributed by atoms with E-state index in [1.54, 1.807) is 0 Å². The molecule has 2 fully saturated rings. The SMILES string of the molecule is Nc1ccc([N+](=O)[O-])c(N2CCC3(CCCC3)CC2)n1. The van der Waals surface area contributed by atoms with Crippen LogP contribution in [0.15, 0.2) is 12.1 Å². The molecule has 2 aliphatic rings. The second kappa shape index (κ2) is 4.92. The standard InChI is InChI=1S/C14H20N4O2/c15-12-4-3-11(18(19)20)13(16-12)17-9-7-14(8-10-17)5-1-2-6-14/h3-4H,1-2,5-10H2,(H2,15,16). The summed E-state index contributed by atoms with van der Waals surface area (Å²) in [6, 6.07) is 2.95. The molecule has 1 aromatic heterocycles. The number of rotatable bonds is 2. The van der Waals surface area contributed by atoms with Gasteiger partial charge in [-0.15, -0.1) is 0 Å². The van der Waals surface area contributed by atoms with Gasteiger partial charge >= 0.3 is 5.69 Å². The molecule has 1 spiro atoms. The van der Waals surface area contributed by atoms with Gasteiger partial charge in [0.25, 0.3) is 0 Å². The van der Waals surface area contributed by atoms with Crippen LogP contribution >= 0.6 is 0 Å². The topological polar surface area (TPSA) is 85.3 Å². The molecule has 1 saturated heterocycles. The first-order chi connectivity index (χ1) is 9.60. The first kappa shape index (κ1) is 13.1. The van der Waals surface area contributed by atoms with Crippen molar-refractivity contribution >= 4 is 17.3 Å². The Morgan fingerprint density at radius 2 is 1.85 bits per heavy atom. The van der Waals surface area contributed by atoms with Gasteiger partial charge in [-0.3, -0.25) is 10.1 Å². The maximum Gasteiger partial charge on any atom is 0.311 e. The van der Waals surface area contributed by atoms with Crippen molar-refractivity contribution in [3.63, 3.8) is 0 Å². The molecule has 2 N–H and O–H groups in total.